The number of hydrogen-bond acceptors (Lipinski definition) is 4. The molecule has 0 spiro atoms. The number of nitrogens with zero attached hydrogens (tertiary/aromatic N) is 2. The summed E-state index contributed by atoms with van der Waals surface area (Å²) < 4.78 is 0.667. The molecule has 3 rings (SSSR count). The summed E-state index contributed by atoms with van der Waals surface area (Å²) in [4.78, 5) is 8.94. The zero-order chi connectivity index (χ0) is 13.8. The molecule has 2 heterocycles. The summed E-state index contributed by atoms with van der Waals surface area (Å²) in [6.07, 6.45) is 1.95. The van der Waals surface area contributed by atoms with E-state index in [1.165, 1.54) is 11.1 Å². The molecular weight excluding hydrogens is 316 g/mol. The minimum Gasteiger partial charge on any atom is -0.369 e. The number of fused-ring (bicyclic) bond motifs is 1. The van der Waals surface area contributed by atoms with Crippen molar-refractivity contribution in [2.45, 2.75) is 19.4 Å². The van der Waals surface area contributed by atoms with Gasteiger partial charge in [-0.15, -0.1) is 0 Å². The molecule has 20 heavy (non-hydrogen) atoms. The average Bonchev–Trinajstić information content (AvgIpc) is 2.48. The van der Waals surface area contributed by atoms with E-state index in [-0.39, 0.29) is 0 Å². The van der Waals surface area contributed by atoms with Gasteiger partial charge in [0.1, 0.15) is 5.82 Å². The molecule has 0 saturated carbocycles. The second-order valence-electron chi connectivity index (χ2n) is 4.86. The Bertz CT molecular complexity index is 586. The van der Waals surface area contributed by atoms with Crippen LogP contribution in [-0.4, -0.2) is 23.1 Å². The zero-order valence-corrected chi connectivity index (χ0v) is 12.8. The maximum absolute atomic E-state index is 4.47. The minimum absolute atomic E-state index is 0.667. The number of rotatable bonds is 4. The Morgan fingerprint density at radius 1 is 1.20 bits per heavy atom. The highest BCUT2D eigenvalue weighted by Gasteiger charge is 2.16. The fourth-order valence-corrected chi connectivity index (χ4v) is 2.82. The van der Waals surface area contributed by atoms with E-state index in [1.54, 1.807) is 0 Å². The molecule has 1 aromatic heterocycles. The highest BCUT2D eigenvalue weighted by atomic mass is 79.9. The first-order valence-corrected chi connectivity index (χ1v) is 7.66. The van der Waals surface area contributed by atoms with Crippen LogP contribution in [0.3, 0.4) is 0 Å². The van der Waals surface area contributed by atoms with Crippen LogP contribution in [0.25, 0.3) is 0 Å². The molecule has 104 valence electrons. The fourth-order valence-electron chi connectivity index (χ4n) is 2.43. The van der Waals surface area contributed by atoms with Crippen LogP contribution in [0, 0.1) is 0 Å². The predicted octanol–water partition coefficient (Wildman–Crippen LogP) is 2.54. The van der Waals surface area contributed by atoms with E-state index in [1.807, 2.05) is 6.07 Å². The van der Waals surface area contributed by atoms with E-state index >= 15 is 0 Å². The van der Waals surface area contributed by atoms with Gasteiger partial charge in [-0.2, -0.15) is 0 Å². The third-order valence-corrected chi connectivity index (χ3v) is 3.81. The summed E-state index contributed by atoms with van der Waals surface area (Å²) >= 11 is 3.40. The third kappa shape index (κ3) is 3.16. The Labute approximate surface area is 127 Å². The quantitative estimate of drug-likeness (QED) is 0.845. The van der Waals surface area contributed by atoms with Crippen molar-refractivity contribution in [1.29, 1.82) is 0 Å². The van der Waals surface area contributed by atoms with Gasteiger partial charge in [0.2, 0.25) is 0 Å². The molecule has 4 nitrogen and oxygen atoms in total. The van der Waals surface area contributed by atoms with E-state index in [4.69, 9.17) is 0 Å². The van der Waals surface area contributed by atoms with E-state index in [2.05, 4.69) is 60.8 Å². The Balaban J connectivity index is 1.69. The van der Waals surface area contributed by atoms with Crippen LogP contribution in [0.4, 0.5) is 5.82 Å². The van der Waals surface area contributed by atoms with Crippen molar-refractivity contribution in [3.05, 3.63) is 51.9 Å². The van der Waals surface area contributed by atoms with E-state index in [0.29, 0.717) is 4.73 Å². The lowest BCUT2D eigenvalue weighted by atomic mass is 10.1. The maximum Gasteiger partial charge on any atom is 0.198 e. The molecule has 2 N–H and O–H groups in total. The number of nitrogens with one attached hydrogen (secondary N) is 2. The highest BCUT2D eigenvalue weighted by molar-refractivity contribution is 9.10. The number of benzene rings is 1. The Morgan fingerprint density at radius 2 is 2.05 bits per heavy atom. The molecule has 0 fully saturated rings. The van der Waals surface area contributed by atoms with Crippen LogP contribution in [0.5, 0.6) is 0 Å². The number of hydrogen-bond donors (Lipinski definition) is 2. The molecule has 1 aliphatic heterocycles. The van der Waals surface area contributed by atoms with Gasteiger partial charge in [0, 0.05) is 31.6 Å². The van der Waals surface area contributed by atoms with Crippen molar-refractivity contribution in [3.8, 4) is 0 Å². The Hall–Kier alpha value is -1.46. The monoisotopic (exact) mass is 332 g/mol. The second kappa shape index (κ2) is 6.33. The second-order valence-corrected chi connectivity index (χ2v) is 5.56. The fraction of sp³-hybridized carbons (Fsp3) is 0.333. The molecule has 1 aromatic carbocycles. The van der Waals surface area contributed by atoms with Gasteiger partial charge in [0.25, 0.3) is 0 Å². The lowest BCUT2D eigenvalue weighted by Crippen LogP contribution is -2.26. The van der Waals surface area contributed by atoms with Gasteiger partial charge in [-0.1, -0.05) is 30.3 Å². The molecule has 5 heteroatoms. The van der Waals surface area contributed by atoms with E-state index in [9.17, 15) is 0 Å². The largest absolute Gasteiger partial charge is 0.369 e. The molecule has 0 saturated heterocycles. The van der Waals surface area contributed by atoms with Crippen LogP contribution < -0.4 is 10.6 Å². The Kier molecular flexibility index (Phi) is 4.28. The van der Waals surface area contributed by atoms with Gasteiger partial charge in [-0.05, 0) is 27.9 Å². The van der Waals surface area contributed by atoms with Gasteiger partial charge in [-0.3, -0.25) is 0 Å². The number of anilines is 1. The molecule has 0 bridgehead atoms. The summed E-state index contributed by atoms with van der Waals surface area (Å²) in [6, 6.07) is 10.5. The number of aromatic nitrogens is 2. The van der Waals surface area contributed by atoms with Gasteiger partial charge in [0.15, 0.2) is 4.73 Å². The van der Waals surface area contributed by atoms with Gasteiger partial charge < -0.3 is 10.6 Å². The van der Waals surface area contributed by atoms with Crippen molar-refractivity contribution >= 4 is 21.7 Å². The SMILES string of the molecule is Brc1nc2c(c(NCCc3ccccc3)n1)CNCC2. The van der Waals surface area contributed by atoms with E-state index < -0.39 is 0 Å². The molecule has 0 atom stereocenters. The summed E-state index contributed by atoms with van der Waals surface area (Å²) in [5.74, 6) is 0.949. The molecule has 1 aliphatic rings. The third-order valence-electron chi connectivity index (χ3n) is 3.45. The van der Waals surface area contributed by atoms with Gasteiger partial charge in [0.05, 0.1) is 5.69 Å². The normalized spacial score (nSPS) is 13.8. The van der Waals surface area contributed by atoms with Crippen LogP contribution in [0.15, 0.2) is 35.1 Å². The van der Waals surface area contributed by atoms with Crippen LogP contribution in [-0.2, 0) is 19.4 Å². The summed E-state index contributed by atoms with van der Waals surface area (Å²) in [5, 5.41) is 6.81. The molecule has 0 radical (unpaired) electrons. The predicted molar refractivity (Wildman–Crippen MR) is 83.8 cm³/mol. The summed E-state index contributed by atoms with van der Waals surface area (Å²) in [5.41, 5.74) is 3.68. The van der Waals surface area contributed by atoms with Crippen molar-refractivity contribution < 1.29 is 0 Å². The highest BCUT2D eigenvalue weighted by Crippen LogP contribution is 2.21. The minimum atomic E-state index is 0.667. The van der Waals surface area contributed by atoms with Crippen molar-refractivity contribution in [1.82, 2.24) is 15.3 Å². The van der Waals surface area contributed by atoms with E-state index in [0.717, 1.165) is 44.0 Å². The summed E-state index contributed by atoms with van der Waals surface area (Å²) in [7, 11) is 0. The molecular formula is C15H17BrN4. The van der Waals surface area contributed by atoms with Crippen molar-refractivity contribution in [2.75, 3.05) is 18.4 Å². The Morgan fingerprint density at radius 3 is 2.90 bits per heavy atom. The smallest absolute Gasteiger partial charge is 0.198 e. The molecule has 0 unspecified atom stereocenters. The molecule has 0 amide bonds. The lowest BCUT2D eigenvalue weighted by Gasteiger charge is -2.19. The zero-order valence-electron chi connectivity index (χ0n) is 11.2. The summed E-state index contributed by atoms with van der Waals surface area (Å²) in [6.45, 7) is 2.70. The van der Waals surface area contributed by atoms with Crippen LogP contribution in [0.1, 0.15) is 16.8 Å². The van der Waals surface area contributed by atoms with Gasteiger partial charge in [-0.25, -0.2) is 9.97 Å². The van der Waals surface area contributed by atoms with Gasteiger partial charge >= 0.3 is 0 Å². The van der Waals surface area contributed by atoms with Crippen LogP contribution in [0.2, 0.25) is 0 Å². The van der Waals surface area contributed by atoms with Crippen LogP contribution >= 0.6 is 15.9 Å². The average molecular weight is 333 g/mol. The lowest BCUT2D eigenvalue weighted by molar-refractivity contribution is 0.625. The van der Waals surface area contributed by atoms with Crippen molar-refractivity contribution in [3.63, 3.8) is 0 Å². The first-order chi connectivity index (χ1) is 9.83. The first kappa shape index (κ1) is 13.5. The standard InChI is InChI=1S/C15H17BrN4/c16-15-19-13-7-8-17-10-12(13)14(20-15)18-9-6-11-4-2-1-3-5-11/h1-5,17H,6-10H2,(H,18,19,20). The topological polar surface area (TPSA) is 49.8 Å². The molecule has 0 aliphatic carbocycles. The maximum atomic E-state index is 4.47. The number of halogens is 1. The molecule has 2 aromatic rings. The van der Waals surface area contributed by atoms with Crippen molar-refractivity contribution in [2.24, 2.45) is 0 Å². The first-order valence-electron chi connectivity index (χ1n) is 6.87.